The Morgan fingerprint density at radius 2 is 1.86 bits per heavy atom. The number of carbonyl (C=O) groups excluding carboxylic acids is 2. The normalized spacial score (nSPS) is 22.3. The average Bonchev–Trinajstić information content (AvgIpc) is 3.28. The van der Waals surface area contributed by atoms with Gasteiger partial charge in [0.2, 0.25) is 11.8 Å². The van der Waals surface area contributed by atoms with E-state index >= 15 is 0 Å². The van der Waals surface area contributed by atoms with Crippen LogP contribution in [-0.2, 0) is 16.6 Å². The van der Waals surface area contributed by atoms with E-state index in [1.807, 2.05) is 24.3 Å². The van der Waals surface area contributed by atoms with Crippen LogP contribution in [0.2, 0.25) is 0 Å². The van der Waals surface area contributed by atoms with E-state index in [0.29, 0.717) is 6.42 Å². The fourth-order valence-electron chi connectivity index (χ4n) is 3.82. The predicted octanol–water partition coefficient (Wildman–Crippen LogP) is 0.189. The summed E-state index contributed by atoms with van der Waals surface area (Å²) in [6.07, 6.45) is 4.42. The zero-order valence-electron chi connectivity index (χ0n) is 16.8. The summed E-state index contributed by atoms with van der Waals surface area (Å²) in [5.74, 6) is 0.584. The molecule has 2 amide bonds. The molecule has 0 bridgehead atoms. The van der Waals surface area contributed by atoms with Gasteiger partial charge in [0, 0.05) is 85.5 Å². The second kappa shape index (κ2) is 11.0. The van der Waals surface area contributed by atoms with E-state index in [1.54, 1.807) is 23.7 Å². The maximum absolute atomic E-state index is 13.0. The van der Waals surface area contributed by atoms with Crippen LogP contribution in [0.15, 0.2) is 12.4 Å². The average molecular weight is 435 g/mol. The lowest BCUT2D eigenvalue weighted by atomic mass is 9.89. The standard InChI is InChI=1S/C18H30N6O2.2ClH/c1-21(2)17(25)4-5-23-6-8-24(9-7-23)18(26)16-12-19-11-15(16)14-10-20-22(3)13-14;;/h10,13,15-16,19H,4-9,11-12H2,1-3H3;2*1H/t15-,16+;;/m1../s1. The number of nitrogens with one attached hydrogen (secondary N) is 1. The first-order valence-electron chi connectivity index (χ1n) is 9.36. The number of hydrogen-bond donors (Lipinski definition) is 1. The first kappa shape index (κ1) is 24.7. The molecule has 2 atom stereocenters. The first-order valence-corrected chi connectivity index (χ1v) is 9.36. The maximum atomic E-state index is 13.0. The third-order valence-electron chi connectivity index (χ3n) is 5.51. The van der Waals surface area contributed by atoms with E-state index in [1.165, 1.54) is 0 Å². The number of aryl methyl sites for hydroxylation is 1. The Bertz CT molecular complexity index is 646. The quantitative estimate of drug-likeness (QED) is 0.715. The van der Waals surface area contributed by atoms with Crippen LogP contribution in [-0.4, -0.2) is 96.2 Å². The molecule has 1 aromatic rings. The second-order valence-electron chi connectivity index (χ2n) is 7.52. The van der Waals surface area contributed by atoms with Crippen molar-refractivity contribution < 1.29 is 9.59 Å². The Labute approximate surface area is 179 Å². The van der Waals surface area contributed by atoms with E-state index in [-0.39, 0.29) is 48.5 Å². The number of halogens is 2. The van der Waals surface area contributed by atoms with Gasteiger partial charge in [-0.2, -0.15) is 5.10 Å². The smallest absolute Gasteiger partial charge is 0.227 e. The highest BCUT2D eigenvalue weighted by atomic mass is 35.5. The van der Waals surface area contributed by atoms with Crippen LogP contribution in [0.3, 0.4) is 0 Å². The van der Waals surface area contributed by atoms with Crippen LogP contribution in [0, 0.1) is 5.92 Å². The Hall–Kier alpha value is -1.35. The Morgan fingerprint density at radius 1 is 1.18 bits per heavy atom. The number of piperazine rings is 1. The van der Waals surface area contributed by atoms with Crippen molar-refractivity contribution >= 4 is 36.6 Å². The highest BCUT2D eigenvalue weighted by molar-refractivity contribution is 5.85. The molecule has 0 saturated carbocycles. The number of rotatable bonds is 5. The van der Waals surface area contributed by atoms with Crippen molar-refractivity contribution in [1.29, 1.82) is 0 Å². The van der Waals surface area contributed by atoms with Gasteiger partial charge >= 0.3 is 0 Å². The van der Waals surface area contributed by atoms with Crippen LogP contribution >= 0.6 is 24.8 Å². The monoisotopic (exact) mass is 434 g/mol. The first-order chi connectivity index (χ1) is 12.5. The third kappa shape index (κ3) is 5.83. The van der Waals surface area contributed by atoms with Gasteiger partial charge in [-0.25, -0.2) is 0 Å². The Kier molecular flexibility index (Phi) is 9.69. The van der Waals surface area contributed by atoms with Gasteiger partial charge in [0.25, 0.3) is 0 Å². The highest BCUT2D eigenvalue weighted by Crippen LogP contribution is 2.29. The summed E-state index contributed by atoms with van der Waals surface area (Å²) in [6.45, 7) is 5.48. The van der Waals surface area contributed by atoms with Gasteiger partial charge in [0.05, 0.1) is 12.1 Å². The van der Waals surface area contributed by atoms with Gasteiger partial charge in [0.1, 0.15) is 0 Å². The zero-order valence-corrected chi connectivity index (χ0v) is 18.5. The minimum atomic E-state index is -0.0129. The van der Waals surface area contributed by atoms with E-state index in [0.717, 1.165) is 51.4 Å². The molecule has 3 rings (SSSR count). The van der Waals surface area contributed by atoms with Gasteiger partial charge in [0.15, 0.2) is 0 Å². The van der Waals surface area contributed by atoms with Gasteiger partial charge in [-0.05, 0) is 5.56 Å². The molecule has 2 aliphatic heterocycles. The van der Waals surface area contributed by atoms with Crippen LogP contribution in [0.4, 0.5) is 0 Å². The molecule has 160 valence electrons. The minimum absolute atomic E-state index is 0. The summed E-state index contributed by atoms with van der Waals surface area (Å²) in [5.41, 5.74) is 1.14. The molecule has 2 saturated heterocycles. The molecule has 3 heterocycles. The Balaban J connectivity index is 0.00000196. The van der Waals surface area contributed by atoms with E-state index in [2.05, 4.69) is 15.3 Å². The van der Waals surface area contributed by atoms with E-state index in [4.69, 9.17) is 0 Å². The molecule has 1 aromatic heterocycles. The molecule has 8 nitrogen and oxygen atoms in total. The van der Waals surface area contributed by atoms with Crippen molar-refractivity contribution in [2.24, 2.45) is 13.0 Å². The maximum Gasteiger partial charge on any atom is 0.227 e. The fourth-order valence-corrected chi connectivity index (χ4v) is 3.82. The van der Waals surface area contributed by atoms with Crippen LogP contribution in [0.5, 0.6) is 0 Å². The largest absolute Gasteiger partial charge is 0.349 e. The minimum Gasteiger partial charge on any atom is -0.349 e. The molecular formula is C18H32Cl2N6O2. The van der Waals surface area contributed by atoms with Crippen LogP contribution in [0.1, 0.15) is 17.9 Å². The fraction of sp³-hybridized carbons (Fsp3) is 0.722. The van der Waals surface area contributed by atoms with Crippen molar-refractivity contribution in [3.8, 4) is 0 Å². The SMILES string of the molecule is CN(C)C(=O)CCN1CCN(C(=O)[C@H]2CNC[C@@H]2c2cnn(C)c2)CC1.Cl.Cl. The number of hydrogen-bond acceptors (Lipinski definition) is 5. The molecule has 10 heteroatoms. The van der Waals surface area contributed by atoms with Crippen molar-refractivity contribution in [1.82, 2.24) is 29.8 Å². The van der Waals surface area contributed by atoms with Gasteiger partial charge in [-0.15, -0.1) is 24.8 Å². The van der Waals surface area contributed by atoms with Crippen molar-refractivity contribution in [2.45, 2.75) is 12.3 Å². The number of aromatic nitrogens is 2. The molecular weight excluding hydrogens is 403 g/mol. The van der Waals surface area contributed by atoms with Gasteiger partial charge < -0.3 is 15.1 Å². The molecule has 0 aliphatic carbocycles. The Morgan fingerprint density at radius 3 is 2.43 bits per heavy atom. The summed E-state index contributed by atoms with van der Waals surface area (Å²) in [6, 6.07) is 0. The summed E-state index contributed by atoms with van der Waals surface area (Å²) in [7, 11) is 5.48. The summed E-state index contributed by atoms with van der Waals surface area (Å²) in [4.78, 5) is 30.7. The van der Waals surface area contributed by atoms with E-state index in [9.17, 15) is 9.59 Å². The molecule has 2 aliphatic rings. The molecule has 0 aromatic carbocycles. The van der Waals surface area contributed by atoms with Crippen LogP contribution in [0.25, 0.3) is 0 Å². The lowest BCUT2D eigenvalue weighted by Crippen LogP contribution is -2.51. The summed E-state index contributed by atoms with van der Waals surface area (Å²) < 4.78 is 1.79. The second-order valence-corrected chi connectivity index (χ2v) is 7.52. The van der Waals surface area contributed by atoms with Crippen LogP contribution < -0.4 is 5.32 Å². The number of carbonyl (C=O) groups is 2. The van der Waals surface area contributed by atoms with Crippen molar-refractivity contribution in [3.05, 3.63) is 18.0 Å². The number of nitrogens with zero attached hydrogens (tertiary/aromatic N) is 5. The van der Waals surface area contributed by atoms with Crippen molar-refractivity contribution in [2.75, 3.05) is 59.9 Å². The number of amides is 2. The third-order valence-corrected chi connectivity index (χ3v) is 5.51. The van der Waals surface area contributed by atoms with E-state index < -0.39 is 0 Å². The van der Waals surface area contributed by atoms with Gasteiger partial charge in [-0.1, -0.05) is 0 Å². The van der Waals surface area contributed by atoms with Crippen molar-refractivity contribution in [3.63, 3.8) is 0 Å². The molecule has 28 heavy (non-hydrogen) atoms. The molecule has 0 unspecified atom stereocenters. The lowest BCUT2D eigenvalue weighted by Gasteiger charge is -2.36. The molecule has 0 spiro atoms. The van der Waals surface area contributed by atoms with Gasteiger partial charge in [-0.3, -0.25) is 19.2 Å². The molecule has 1 N–H and O–H groups in total. The summed E-state index contributed by atoms with van der Waals surface area (Å²) in [5, 5.41) is 7.62. The highest BCUT2D eigenvalue weighted by Gasteiger charge is 2.37. The topological polar surface area (TPSA) is 73.7 Å². The predicted molar refractivity (Wildman–Crippen MR) is 113 cm³/mol. The summed E-state index contributed by atoms with van der Waals surface area (Å²) >= 11 is 0. The molecule has 0 radical (unpaired) electrons. The zero-order chi connectivity index (χ0) is 18.7. The lowest BCUT2D eigenvalue weighted by molar-refractivity contribution is -0.137. The molecule has 2 fully saturated rings.